The van der Waals surface area contributed by atoms with Crippen molar-refractivity contribution in [1.29, 1.82) is 0 Å². The van der Waals surface area contributed by atoms with Gasteiger partial charge in [0.05, 0.1) is 4.90 Å². The number of rotatable bonds is 5. The summed E-state index contributed by atoms with van der Waals surface area (Å²) in [6.45, 7) is 3.45. The number of carbonyl (C=O) groups excluding carboxylic acids is 1. The van der Waals surface area contributed by atoms with Crippen LogP contribution in [0.15, 0.2) is 33.6 Å². The molecule has 0 saturated carbocycles. The van der Waals surface area contributed by atoms with Gasteiger partial charge in [0.1, 0.15) is 0 Å². The van der Waals surface area contributed by atoms with Crippen molar-refractivity contribution < 1.29 is 13.2 Å². The molecule has 2 rings (SSSR count). The monoisotopic (exact) mass is 388 g/mol. The van der Waals surface area contributed by atoms with Crippen molar-refractivity contribution in [2.45, 2.75) is 31.1 Å². The highest BCUT2D eigenvalue weighted by molar-refractivity contribution is 9.10. The van der Waals surface area contributed by atoms with Crippen LogP contribution >= 0.6 is 15.9 Å². The molecule has 1 saturated heterocycles. The molecule has 1 heterocycles. The largest absolute Gasteiger partial charge is 0.356 e. The second-order valence-electron chi connectivity index (χ2n) is 5.40. The summed E-state index contributed by atoms with van der Waals surface area (Å²) in [7, 11) is -3.50. The molecule has 5 nitrogen and oxygen atoms in total. The number of hydrogen-bond acceptors (Lipinski definition) is 3. The molecule has 1 aliphatic heterocycles. The Bertz CT molecular complexity index is 625. The quantitative estimate of drug-likeness (QED) is 0.841. The SMILES string of the molecule is CCCNC(=O)C1CCN(S(=O)(=O)c2ccccc2Br)CC1. The minimum Gasteiger partial charge on any atom is -0.356 e. The molecule has 1 aromatic rings. The number of nitrogens with zero attached hydrogens (tertiary/aromatic N) is 1. The zero-order valence-electron chi connectivity index (χ0n) is 12.6. The zero-order valence-corrected chi connectivity index (χ0v) is 15.0. The van der Waals surface area contributed by atoms with Gasteiger partial charge >= 0.3 is 0 Å². The first kappa shape index (κ1) is 17.4. The third-order valence-corrected chi connectivity index (χ3v) is 6.74. The van der Waals surface area contributed by atoms with Crippen molar-refractivity contribution in [3.8, 4) is 0 Å². The summed E-state index contributed by atoms with van der Waals surface area (Å²) >= 11 is 3.29. The number of hydrogen-bond donors (Lipinski definition) is 1. The maximum atomic E-state index is 12.7. The standard InChI is InChI=1S/C15H21BrN2O3S/c1-2-9-17-15(19)12-7-10-18(11-8-12)22(20,21)14-6-4-3-5-13(14)16/h3-6,12H,2,7-11H2,1H3,(H,17,19). The molecule has 0 atom stereocenters. The fraction of sp³-hybridized carbons (Fsp3) is 0.533. The molecule has 0 bridgehead atoms. The van der Waals surface area contributed by atoms with E-state index < -0.39 is 10.0 Å². The lowest BCUT2D eigenvalue weighted by Gasteiger charge is -2.30. The number of amides is 1. The Labute approximate surface area is 140 Å². The second kappa shape index (κ2) is 7.57. The van der Waals surface area contributed by atoms with Crippen LogP contribution in [0.3, 0.4) is 0 Å². The molecule has 1 N–H and O–H groups in total. The first-order valence-electron chi connectivity index (χ1n) is 7.49. The Morgan fingerprint density at radius 3 is 2.55 bits per heavy atom. The molecule has 0 aromatic heterocycles. The zero-order chi connectivity index (χ0) is 16.2. The molecule has 0 spiro atoms. The van der Waals surface area contributed by atoms with E-state index in [4.69, 9.17) is 0 Å². The van der Waals surface area contributed by atoms with Crippen LogP contribution in [-0.2, 0) is 14.8 Å². The lowest BCUT2D eigenvalue weighted by atomic mass is 9.97. The highest BCUT2D eigenvalue weighted by atomic mass is 79.9. The Hall–Kier alpha value is -0.920. The Balaban J connectivity index is 2.02. The Kier molecular flexibility index (Phi) is 6.00. The molecule has 7 heteroatoms. The Morgan fingerprint density at radius 2 is 1.95 bits per heavy atom. The minimum atomic E-state index is -3.50. The van der Waals surface area contributed by atoms with Crippen molar-refractivity contribution in [3.05, 3.63) is 28.7 Å². The molecule has 0 radical (unpaired) electrons. The third kappa shape index (κ3) is 3.88. The van der Waals surface area contributed by atoms with E-state index in [-0.39, 0.29) is 16.7 Å². The van der Waals surface area contributed by atoms with E-state index in [1.54, 1.807) is 24.3 Å². The van der Waals surface area contributed by atoms with Gasteiger partial charge in [-0.25, -0.2) is 8.42 Å². The predicted octanol–water partition coefficient (Wildman–Crippen LogP) is 2.38. The summed E-state index contributed by atoms with van der Waals surface area (Å²) < 4.78 is 27.3. The predicted molar refractivity (Wildman–Crippen MR) is 88.9 cm³/mol. The average molecular weight is 389 g/mol. The highest BCUT2D eigenvalue weighted by Gasteiger charge is 2.32. The summed E-state index contributed by atoms with van der Waals surface area (Å²) in [6, 6.07) is 6.81. The van der Waals surface area contributed by atoms with E-state index in [9.17, 15) is 13.2 Å². The van der Waals surface area contributed by atoms with E-state index in [2.05, 4.69) is 21.2 Å². The van der Waals surface area contributed by atoms with Crippen LogP contribution in [-0.4, -0.2) is 38.3 Å². The van der Waals surface area contributed by atoms with Gasteiger partial charge in [0.2, 0.25) is 15.9 Å². The maximum absolute atomic E-state index is 12.7. The van der Waals surface area contributed by atoms with Crippen molar-refractivity contribution >= 4 is 31.9 Å². The van der Waals surface area contributed by atoms with E-state index in [1.165, 1.54) is 4.31 Å². The summed E-state index contributed by atoms with van der Waals surface area (Å²) in [6.07, 6.45) is 2.04. The van der Waals surface area contributed by atoms with Crippen LogP contribution in [0.1, 0.15) is 26.2 Å². The first-order chi connectivity index (χ1) is 10.5. The summed E-state index contributed by atoms with van der Waals surface area (Å²) in [4.78, 5) is 12.2. The van der Waals surface area contributed by atoms with Crippen LogP contribution < -0.4 is 5.32 Å². The molecule has 0 aliphatic carbocycles. The normalized spacial score (nSPS) is 17.4. The van der Waals surface area contributed by atoms with E-state index in [0.29, 0.717) is 36.9 Å². The van der Waals surface area contributed by atoms with Crippen LogP contribution in [0.5, 0.6) is 0 Å². The number of nitrogens with one attached hydrogen (secondary N) is 1. The van der Waals surface area contributed by atoms with Gasteiger partial charge in [0, 0.05) is 30.0 Å². The second-order valence-corrected chi connectivity index (χ2v) is 8.16. The van der Waals surface area contributed by atoms with Gasteiger partial charge in [-0.2, -0.15) is 4.31 Å². The minimum absolute atomic E-state index is 0.0415. The molecule has 1 fully saturated rings. The highest BCUT2D eigenvalue weighted by Crippen LogP contribution is 2.28. The molecular weight excluding hydrogens is 368 g/mol. The van der Waals surface area contributed by atoms with Gasteiger partial charge in [-0.05, 0) is 47.3 Å². The fourth-order valence-corrected chi connectivity index (χ4v) is 4.98. The summed E-state index contributed by atoms with van der Waals surface area (Å²) in [5.74, 6) is -0.0444. The van der Waals surface area contributed by atoms with E-state index >= 15 is 0 Å². The van der Waals surface area contributed by atoms with E-state index in [0.717, 1.165) is 6.42 Å². The van der Waals surface area contributed by atoms with Crippen molar-refractivity contribution in [1.82, 2.24) is 9.62 Å². The topological polar surface area (TPSA) is 66.5 Å². The Morgan fingerprint density at radius 1 is 1.32 bits per heavy atom. The summed E-state index contributed by atoms with van der Waals surface area (Å²) in [5, 5.41) is 2.88. The number of carbonyl (C=O) groups is 1. The molecule has 1 amide bonds. The van der Waals surface area contributed by atoms with Crippen LogP contribution in [0.25, 0.3) is 0 Å². The van der Waals surface area contributed by atoms with Gasteiger partial charge in [-0.1, -0.05) is 19.1 Å². The summed E-state index contributed by atoms with van der Waals surface area (Å²) in [5.41, 5.74) is 0. The van der Waals surface area contributed by atoms with Gasteiger partial charge in [0.15, 0.2) is 0 Å². The maximum Gasteiger partial charge on any atom is 0.244 e. The molecule has 0 unspecified atom stereocenters. The average Bonchev–Trinajstić information content (AvgIpc) is 2.53. The van der Waals surface area contributed by atoms with Gasteiger partial charge in [-0.3, -0.25) is 4.79 Å². The molecule has 1 aromatic carbocycles. The smallest absolute Gasteiger partial charge is 0.244 e. The van der Waals surface area contributed by atoms with E-state index in [1.807, 2.05) is 6.92 Å². The van der Waals surface area contributed by atoms with Crippen LogP contribution in [0, 0.1) is 5.92 Å². The number of piperidine rings is 1. The van der Waals surface area contributed by atoms with Gasteiger partial charge in [-0.15, -0.1) is 0 Å². The van der Waals surface area contributed by atoms with Crippen molar-refractivity contribution in [2.24, 2.45) is 5.92 Å². The lowest BCUT2D eigenvalue weighted by Crippen LogP contribution is -2.43. The molecular formula is C15H21BrN2O3S. The van der Waals surface area contributed by atoms with Gasteiger partial charge < -0.3 is 5.32 Å². The van der Waals surface area contributed by atoms with Crippen molar-refractivity contribution in [2.75, 3.05) is 19.6 Å². The third-order valence-electron chi connectivity index (χ3n) is 3.83. The number of halogens is 1. The van der Waals surface area contributed by atoms with Crippen LogP contribution in [0.2, 0.25) is 0 Å². The molecule has 22 heavy (non-hydrogen) atoms. The number of sulfonamides is 1. The molecule has 1 aliphatic rings. The van der Waals surface area contributed by atoms with Crippen LogP contribution in [0.4, 0.5) is 0 Å². The molecule has 122 valence electrons. The van der Waals surface area contributed by atoms with Crippen molar-refractivity contribution in [3.63, 3.8) is 0 Å². The first-order valence-corrected chi connectivity index (χ1v) is 9.72. The fourth-order valence-electron chi connectivity index (χ4n) is 2.54. The van der Waals surface area contributed by atoms with Gasteiger partial charge in [0.25, 0.3) is 0 Å². The number of benzene rings is 1. The lowest BCUT2D eigenvalue weighted by molar-refractivity contribution is -0.126.